The Hall–Kier alpha value is -0.450. The fraction of sp³-hybridized carbons (Fsp3) is 0.812. The number of aryl methyl sites for hydroxylation is 1. The molecule has 0 spiro atoms. The fourth-order valence-corrected chi connectivity index (χ4v) is 6.39. The molecule has 1 unspecified atom stereocenters. The van der Waals surface area contributed by atoms with E-state index in [4.69, 9.17) is 5.84 Å². The molecule has 4 heteroatoms. The number of hydrogen-bond donors (Lipinski definition) is 2. The molecule has 3 nitrogen and oxygen atoms in total. The molecule has 4 fully saturated rings. The predicted octanol–water partition coefficient (Wildman–Crippen LogP) is 3.04. The average Bonchev–Trinajstić information content (AvgIpc) is 2.80. The van der Waals surface area contributed by atoms with Crippen molar-refractivity contribution in [1.82, 2.24) is 10.4 Å². The zero-order chi connectivity index (χ0) is 13.7. The van der Waals surface area contributed by atoms with Crippen molar-refractivity contribution in [3.63, 3.8) is 0 Å². The van der Waals surface area contributed by atoms with Crippen LogP contribution in [0.2, 0.25) is 0 Å². The Morgan fingerprint density at radius 3 is 2.35 bits per heavy atom. The van der Waals surface area contributed by atoms with Crippen LogP contribution >= 0.6 is 11.3 Å². The Balaban J connectivity index is 1.57. The van der Waals surface area contributed by atoms with Crippen molar-refractivity contribution >= 4 is 11.3 Å². The van der Waals surface area contributed by atoms with E-state index in [0.717, 1.165) is 24.2 Å². The second-order valence-corrected chi connectivity index (χ2v) is 8.62. The Labute approximate surface area is 125 Å². The van der Waals surface area contributed by atoms with Crippen LogP contribution in [0.25, 0.3) is 0 Å². The summed E-state index contributed by atoms with van der Waals surface area (Å²) >= 11 is 1.75. The molecule has 4 aliphatic rings. The van der Waals surface area contributed by atoms with Gasteiger partial charge in [0.05, 0.1) is 10.7 Å². The Kier molecular flexibility index (Phi) is 3.17. The third-order valence-corrected chi connectivity index (χ3v) is 6.93. The number of hydrogen-bond acceptors (Lipinski definition) is 4. The molecule has 0 aromatic carbocycles. The molecule has 1 aromatic rings. The third kappa shape index (κ3) is 2.13. The van der Waals surface area contributed by atoms with E-state index in [1.165, 1.54) is 49.2 Å². The van der Waals surface area contributed by atoms with Crippen molar-refractivity contribution in [2.75, 3.05) is 0 Å². The van der Waals surface area contributed by atoms with Gasteiger partial charge in [0.2, 0.25) is 0 Å². The summed E-state index contributed by atoms with van der Waals surface area (Å²) in [5.41, 5.74) is 4.87. The molecule has 4 aliphatic carbocycles. The van der Waals surface area contributed by atoms with Crippen LogP contribution < -0.4 is 11.3 Å². The summed E-state index contributed by atoms with van der Waals surface area (Å²) in [6.45, 7) is 2.09. The molecule has 1 aromatic heterocycles. The summed E-state index contributed by atoms with van der Waals surface area (Å²) < 4.78 is 0. The molecule has 3 N–H and O–H groups in total. The van der Waals surface area contributed by atoms with Gasteiger partial charge in [0, 0.05) is 17.8 Å². The van der Waals surface area contributed by atoms with Crippen molar-refractivity contribution in [1.29, 1.82) is 0 Å². The van der Waals surface area contributed by atoms with Crippen LogP contribution in [0.4, 0.5) is 0 Å². The number of nitrogens with zero attached hydrogens (tertiary/aromatic N) is 1. The first kappa shape index (κ1) is 13.2. The zero-order valence-corrected chi connectivity index (χ0v) is 13.1. The van der Waals surface area contributed by atoms with Gasteiger partial charge in [-0.15, -0.1) is 11.3 Å². The first-order chi connectivity index (χ1) is 9.67. The number of hydrazine groups is 1. The number of nitrogens with one attached hydrogen (secondary N) is 1. The second-order valence-electron chi connectivity index (χ2n) is 7.56. The minimum absolute atomic E-state index is 0.414. The number of nitrogens with two attached hydrogens (primary N) is 1. The minimum Gasteiger partial charge on any atom is -0.271 e. The van der Waals surface area contributed by atoms with E-state index in [1.54, 1.807) is 11.3 Å². The van der Waals surface area contributed by atoms with E-state index < -0.39 is 0 Å². The summed E-state index contributed by atoms with van der Waals surface area (Å²) in [4.78, 5) is 4.65. The lowest BCUT2D eigenvalue weighted by molar-refractivity contribution is -0.0738. The highest BCUT2D eigenvalue weighted by Gasteiger charge is 2.53. The highest BCUT2D eigenvalue weighted by Crippen LogP contribution is 2.61. The largest absolute Gasteiger partial charge is 0.271 e. The van der Waals surface area contributed by atoms with Gasteiger partial charge in [-0.2, -0.15) is 0 Å². The van der Waals surface area contributed by atoms with Crippen LogP contribution in [0.3, 0.4) is 0 Å². The van der Waals surface area contributed by atoms with E-state index in [2.05, 4.69) is 22.7 Å². The van der Waals surface area contributed by atoms with Crippen LogP contribution in [0.1, 0.15) is 49.2 Å². The number of aromatic nitrogens is 1. The number of rotatable bonds is 4. The molecule has 4 saturated carbocycles. The van der Waals surface area contributed by atoms with Crippen LogP contribution in [-0.4, -0.2) is 11.0 Å². The molecule has 110 valence electrons. The summed E-state index contributed by atoms with van der Waals surface area (Å²) in [5.74, 6) is 8.92. The summed E-state index contributed by atoms with van der Waals surface area (Å²) in [5, 5.41) is 3.38. The van der Waals surface area contributed by atoms with E-state index in [-0.39, 0.29) is 0 Å². The standard InChI is InChI=1S/C16H25N3S/c1-10-18-14(9-20-10)5-15(19-17)16-6-11-2-12(7-16)4-13(3-11)8-16/h9,11-13,15,19H,2-8,17H2,1H3. The molecule has 4 bridgehead atoms. The van der Waals surface area contributed by atoms with E-state index in [9.17, 15) is 0 Å². The lowest BCUT2D eigenvalue weighted by Crippen LogP contribution is -2.58. The van der Waals surface area contributed by atoms with Crippen molar-refractivity contribution in [2.45, 2.75) is 57.9 Å². The van der Waals surface area contributed by atoms with Gasteiger partial charge in [-0.1, -0.05) is 0 Å². The molecule has 1 atom stereocenters. The molecule has 1 heterocycles. The van der Waals surface area contributed by atoms with Gasteiger partial charge in [-0.3, -0.25) is 11.3 Å². The van der Waals surface area contributed by atoms with Crippen molar-refractivity contribution < 1.29 is 0 Å². The van der Waals surface area contributed by atoms with E-state index >= 15 is 0 Å². The van der Waals surface area contributed by atoms with Gasteiger partial charge in [0.15, 0.2) is 0 Å². The molecule has 0 amide bonds. The van der Waals surface area contributed by atoms with Crippen LogP contribution in [0.5, 0.6) is 0 Å². The Morgan fingerprint density at radius 1 is 1.30 bits per heavy atom. The minimum atomic E-state index is 0.414. The molecule has 0 saturated heterocycles. The zero-order valence-electron chi connectivity index (χ0n) is 12.3. The normalized spacial score (nSPS) is 40.2. The molecule has 5 rings (SSSR count). The highest BCUT2D eigenvalue weighted by atomic mass is 32.1. The number of thiazole rings is 1. The van der Waals surface area contributed by atoms with Crippen molar-refractivity contribution in [2.24, 2.45) is 29.0 Å². The summed E-state index contributed by atoms with van der Waals surface area (Å²) in [7, 11) is 0. The Morgan fingerprint density at radius 2 is 1.90 bits per heavy atom. The molecule has 0 aliphatic heterocycles. The SMILES string of the molecule is Cc1nc(CC(NN)C23CC4CC(CC(C4)C2)C3)cs1. The van der Waals surface area contributed by atoms with Crippen LogP contribution in [-0.2, 0) is 6.42 Å². The smallest absolute Gasteiger partial charge is 0.0897 e. The summed E-state index contributed by atoms with van der Waals surface area (Å²) in [6, 6.07) is 0.414. The van der Waals surface area contributed by atoms with Crippen LogP contribution in [0.15, 0.2) is 5.38 Å². The summed E-state index contributed by atoms with van der Waals surface area (Å²) in [6.07, 6.45) is 9.68. The third-order valence-electron chi connectivity index (χ3n) is 6.11. The first-order valence-electron chi connectivity index (χ1n) is 8.04. The predicted molar refractivity (Wildman–Crippen MR) is 82.3 cm³/mol. The average molecular weight is 291 g/mol. The Bertz CT molecular complexity index is 460. The first-order valence-corrected chi connectivity index (χ1v) is 8.92. The van der Waals surface area contributed by atoms with Crippen LogP contribution in [0, 0.1) is 30.1 Å². The monoisotopic (exact) mass is 291 g/mol. The maximum atomic E-state index is 5.97. The topological polar surface area (TPSA) is 50.9 Å². The van der Waals surface area contributed by atoms with Gasteiger partial charge in [-0.25, -0.2) is 4.98 Å². The van der Waals surface area contributed by atoms with Gasteiger partial charge in [0.1, 0.15) is 0 Å². The molecular weight excluding hydrogens is 266 g/mol. The molecule has 0 radical (unpaired) electrons. The fourth-order valence-electron chi connectivity index (χ4n) is 5.77. The second kappa shape index (κ2) is 4.79. The van der Waals surface area contributed by atoms with E-state index in [1.807, 2.05) is 0 Å². The lowest BCUT2D eigenvalue weighted by atomic mass is 9.47. The van der Waals surface area contributed by atoms with Gasteiger partial charge < -0.3 is 0 Å². The van der Waals surface area contributed by atoms with Crippen molar-refractivity contribution in [3.8, 4) is 0 Å². The van der Waals surface area contributed by atoms with Gasteiger partial charge in [-0.05, 0) is 68.6 Å². The quantitative estimate of drug-likeness (QED) is 0.662. The van der Waals surface area contributed by atoms with E-state index in [0.29, 0.717) is 11.5 Å². The van der Waals surface area contributed by atoms with Gasteiger partial charge >= 0.3 is 0 Å². The maximum Gasteiger partial charge on any atom is 0.0897 e. The molecular formula is C16H25N3S. The maximum absolute atomic E-state index is 5.97. The highest BCUT2D eigenvalue weighted by molar-refractivity contribution is 7.09. The molecule has 20 heavy (non-hydrogen) atoms. The van der Waals surface area contributed by atoms with Gasteiger partial charge in [0.25, 0.3) is 0 Å². The lowest BCUT2D eigenvalue weighted by Gasteiger charge is -2.59. The van der Waals surface area contributed by atoms with Crippen molar-refractivity contribution in [3.05, 3.63) is 16.1 Å².